The summed E-state index contributed by atoms with van der Waals surface area (Å²) in [4.78, 5) is 2.40. The Kier molecular flexibility index (Phi) is 4.75. The van der Waals surface area contributed by atoms with Gasteiger partial charge in [-0.05, 0) is 61.0 Å². The van der Waals surface area contributed by atoms with Crippen LogP contribution >= 0.6 is 11.6 Å². The van der Waals surface area contributed by atoms with Crippen LogP contribution in [0, 0.1) is 0 Å². The molecule has 0 aliphatic carbocycles. The van der Waals surface area contributed by atoms with Crippen LogP contribution in [0.15, 0.2) is 42.5 Å². The SMILES string of the molecule is COc1ccc(/C=C/n2c3c(c4cc(Cl)ccc42)CCN(C)CC3)cc1. The van der Waals surface area contributed by atoms with Gasteiger partial charge in [0.1, 0.15) is 5.75 Å². The number of ether oxygens (including phenoxy) is 1. The highest BCUT2D eigenvalue weighted by atomic mass is 35.5. The number of likely N-dealkylation sites (N-methyl/N-ethyl adjacent to an activating group) is 1. The number of aromatic nitrogens is 1. The average molecular weight is 367 g/mol. The molecule has 0 amide bonds. The summed E-state index contributed by atoms with van der Waals surface area (Å²) in [6.07, 6.45) is 6.45. The molecule has 0 unspecified atom stereocenters. The molecule has 0 saturated heterocycles. The number of halogens is 1. The molecule has 1 aromatic heterocycles. The number of hydrogen-bond acceptors (Lipinski definition) is 2. The van der Waals surface area contributed by atoms with Crippen LogP contribution in [0.3, 0.4) is 0 Å². The number of benzene rings is 2. The lowest BCUT2D eigenvalue weighted by atomic mass is 10.1. The first kappa shape index (κ1) is 17.2. The molecule has 26 heavy (non-hydrogen) atoms. The fourth-order valence-corrected chi connectivity index (χ4v) is 3.89. The van der Waals surface area contributed by atoms with E-state index >= 15 is 0 Å². The van der Waals surface area contributed by atoms with Crippen molar-refractivity contribution >= 4 is 34.8 Å². The van der Waals surface area contributed by atoms with Crippen molar-refractivity contribution in [2.45, 2.75) is 12.8 Å². The Morgan fingerprint density at radius 2 is 1.81 bits per heavy atom. The third kappa shape index (κ3) is 3.25. The fourth-order valence-electron chi connectivity index (χ4n) is 3.71. The molecule has 2 aromatic carbocycles. The van der Waals surface area contributed by atoms with Crippen LogP contribution in [0.25, 0.3) is 23.2 Å². The molecule has 0 fully saturated rings. The normalized spacial score (nSPS) is 15.3. The van der Waals surface area contributed by atoms with Gasteiger partial charge < -0.3 is 14.2 Å². The predicted octanol–water partition coefficient (Wildman–Crippen LogP) is 4.96. The van der Waals surface area contributed by atoms with Gasteiger partial charge in [-0.25, -0.2) is 0 Å². The van der Waals surface area contributed by atoms with Crippen LogP contribution in [0.1, 0.15) is 16.8 Å². The van der Waals surface area contributed by atoms with Crippen LogP contribution in [-0.2, 0) is 12.8 Å². The lowest BCUT2D eigenvalue weighted by Gasteiger charge is -2.12. The van der Waals surface area contributed by atoms with Crippen LogP contribution in [-0.4, -0.2) is 36.7 Å². The molecule has 3 aromatic rings. The molecule has 0 atom stereocenters. The quantitative estimate of drug-likeness (QED) is 0.651. The molecule has 1 aliphatic rings. The van der Waals surface area contributed by atoms with Gasteiger partial charge in [0.25, 0.3) is 0 Å². The lowest BCUT2D eigenvalue weighted by molar-refractivity contribution is 0.351. The van der Waals surface area contributed by atoms with Gasteiger partial charge >= 0.3 is 0 Å². The zero-order chi connectivity index (χ0) is 18.1. The van der Waals surface area contributed by atoms with Crippen LogP contribution in [0.5, 0.6) is 5.75 Å². The largest absolute Gasteiger partial charge is 0.497 e. The fraction of sp³-hybridized carbons (Fsp3) is 0.273. The number of nitrogens with zero attached hydrogens (tertiary/aromatic N) is 2. The number of fused-ring (bicyclic) bond motifs is 3. The zero-order valence-corrected chi connectivity index (χ0v) is 16.0. The van der Waals surface area contributed by atoms with Crippen LogP contribution < -0.4 is 4.74 Å². The van der Waals surface area contributed by atoms with Gasteiger partial charge in [0.2, 0.25) is 0 Å². The Labute approximate surface area is 159 Å². The molecular weight excluding hydrogens is 344 g/mol. The number of hydrogen-bond donors (Lipinski definition) is 0. The molecule has 3 nitrogen and oxygen atoms in total. The van der Waals surface area contributed by atoms with E-state index in [9.17, 15) is 0 Å². The molecule has 1 aliphatic heterocycles. The van der Waals surface area contributed by atoms with Crippen molar-refractivity contribution in [3.05, 3.63) is 64.3 Å². The first-order chi connectivity index (χ1) is 12.7. The molecular formula is C22H23ClN2O. The Balaban J connectivity index is 1.79. The summed E-state index contributed by atoms with van der Waals surface area (Å²) in [5.74, 6) is 0.875. The second-order valence-corrected chi connectivity index (χ2v) is 7.29. The standard InChI is InChI=1S/C22H23ClN2O/c1-24-12-10-19-20-15-17(23)5-8-21(20)25(22(19)11-13-24)14-9-16-3-6-18(26-2)7-4-16/h3-9,14-15H,10-13H2,1-2H3/b14-9+. The van der Waals surface area contributed by atoms with Gasteiger partial charge in [-0.3, -0.25) is 0 Å². The van der Waals surface area contributed by atoms with Crippen molar-refractivity contribution in [1.29, 1.82) is 0 Å². The van der Waals surface area contributed by atoms with Crippen molar-refractivity contribution in [2.24, 2.45) is 0 Å². The van der Waals surface area contributed by atoms with Gasteiger partial charge in [0.15, 0.2) is 0 Å². The van der Waals surface area contributed by atoms with Crippen molar-refractivity contribution in [3.63, 3.8) is 0 Å². The van der Waals surface area contributed by atoms with Crippen LogP contribution in [0.4, 0.5) is 0 Å². The summed E-state index contributed by atoms with van der Waals surface area (Å²) in [6, 6.07) is 14.3. The third-order valence-corrected chi connectivity index (χ3v) is 5.42. The molecule has 0 N–H and O–H groups in total. The minimum absolute atomic E-state index is 0.800. The van der Waals surface area contributed by atoms with Gasteiger partial charge in [-0.15, -0.1) is 0 Å². The Bertz CT molecular complexity index is 956. The predicted molar refractivity (Wildman–Crippen MR) is 110 cm³/mol. The van der Waals surface area contributed by atoms with Crippen molar-refractivity contribution in [2.75, 3.05) is 27.2 Å². The summed E-state index contributed by atoms with van der Waals surface area (Å²) < 4.78 is 7.58. The van der Waals surface area contributed by atoms with Gasteiger partial charge in [0.05, 0.1) is 12.6 Å². The zero-order valence-electron chi connectivity index (χ0n) is 15.2. The highest BCUT2D eigenvalue weighted by molar-refractivity contribution is 6.31. The summed E-state index contributed by atoms with van der Waals surface area (Å²) in [5.41, 5.74) is 5.22. The van der Waals surface area contributed by atoms with E-state index in [2.05, 4.69) is 53.1 Å². The third-order valence-electron chi connectivity index (χ3n) is 5.19. The highest BCUT2D eigenvalue weighted by Crippen LogP contribution is 2.31. The van der Waals surface area contributed by atoms with E-state index < -0.39 is 0 Å². The van der Waals surface area contributed by atoms with Crippen LogP contribution in [0.2, 0.25) is 5.02 Å². The number of rotatable bonds is 3. The Morgan fingerprint density at radius 3 is 2.58 bits per heavy atom. The molecule has 0 radical (unpaired) electrons. The molecule has 2 heterocycles. The van der Waals surface area contributed by atoms with E-state index in [1.54, 1.807) is 7.11 Å². The van der Waals surface area contributed by atoms with E-state index in [1.807, 2.05) is 18.2 Å². The minimum Gasteiger partial charge on any atom is -0.497 e. The highest BCUT2D eigenvalue weighted by Gasteiger charge is 2.19. The van der Waals surface area contributed by atoms with E-state index in [0.717, 1.165) is 42.3 Å². The second-order valence-electron chi connectivity index (χ2n) is 6.85. The average Bonchev–Trinajstić information content (AvgIpc) is 2.80. The maximum Gasteiger partial charge on any atom is 0.118 e. The van der Waals surface area contributed by atoms with Crippen molar-refractivity contribution in [1.82, 2.24) is 9.47 Å². The van der Waals surface area contributed by atoms with Crippen molar-refractivity contribution in [3.8, 4) is 5.75 Å². The van der Waals surface area contributed by atoms with E-state index in [4.69, 9.17) is 16.3 Å². The summed E-state index contributed by atoms with van der Waals surface area (Å²) in [5, 5.41) is 2.08. The monoisotopic (exact) mass is 366 g/mol. The maximum atomic E-state index is 6.29. The van der Waals surface area contributed by atoms with E-state index in [1.165, 1.54) is 22.2 Å². The molecule has 0 spiro atoms. The smallest absolute Gasteiger partial charge is 0.118 e. The Morgan fingerprint density at radius 1 is 1.04 bits per heavy atom. The molecule has 0 saturated carbocycles. The van der Waals surface area contributed by atoms with Gasteiger partial charge in [-0.1, -0.05) is 23.7 Å². The first-order valence-corrected chi connectivity index (χ1v) is 9.35. The number of methoxy groups -OCH3 is 1. The summed E-state index contributed by atoms with van der Waals surface area (Å²) in [6.45, 7) is 2.16. The second kappa shape index (κ2) is 7.18. The van der Waals surface area contributed by atoms with E-state index in [0.29, 0.717) is 0 Å². The molecule has 4 rings (SSSR count). The summed E-state index contributed by atoms with van der Waals surface area (Å²) in [7, 11) is 3.88. The van der Waals surface area contributed by atoms with Crippen molar-refractivity contribution < 1.29 is 4.74 Å². The Hall–Kier alpha value is -2.23. The van der Waals surface area contributed by atoms with Gasteiger partial charge in [-0.2, -0.15) is 0 Å². The first-order valence-electron chi connectivity index (χ1n) is 8.97. The lowest BCUT2D eigenvalue weighted by Crippen LogP contribution is -2.21. The maximum absolute atomic E-state index is 6.29. The molecule has 4 heteroatoms. The molecule has 134 valence electrons. The summed E-state index contributed by atoms with van der Waals surface area (Å²) >= 11 is 6.29. The van der Waals surface area contributed by atoms with E-state index in [-0.39, 0.29) is 0 Å². The molecule has 0 bridgehead atoms. The minimum atomic E-state index is 0.800. The van der Waals surface area contributed by atoms with Gasteiger partial charge in [0, 0.05) is 41.8 Å². The topological polar surface area (TPSA) is 17.4 Å².